The van der Waals surface area contributed by atoms with Crippen LogP contribution < -0.4 is 5.32 Å². The number of carbonyl (C=O) groups excluding carboxylic acids is 1. The molecule has 1 atom stereocenters. The van der Waals surface area contributed by atoms with Gasteiger partial charge in [0.15, 0.2) is 5.17 Å². The van der Waals surface area contributed by atoms with Crippen LogP contribution in [0.5, 0.6) is 0 Å². The van der Waals surface area contributed by atoms with E-state index in [2.05, 4.69) is 10.3 Å². The third-order valence-electron chi connectivity index (χ3n) is 3.55. The minimum absolute atomic E-state index is 0.0540. The standard InChI is InChI=1S/C16H19N3O5S/c1-10-13(15(20)24-8-7-23-2)14(18-16(17-10)25-3)11-5-4-6-12(9-11)19(21)22/h4-6,9,14H,7-8H2,1-3H3,(H,17,18). The van der Waals surface area contributed by atoms with Crippen LogP contribution in [0.25, 0.3) is 0 Å². The molecule has 0 radical (unpaired) electrons. The zero-order chi connectivity index (χ0) is 18.4. The van der Waals surface area contributed by atoms with Crippen LogP contribution in [0.15, 0.2) is 40.5 Å². The summed E-state index contributed by atoms with van der Waals surface area (Å²) in [4.78, 5) is 27.6. The van der Waals surface area contributed by atoms with E-state index in [0.29, 0.717) is 22.0 Å². The lowest BCUT2D eigenvalue weighted by Gasteiger charge is -2.25. The minimum atomic E-state index is -0.668. The van der Waals surface area contributed by atoms with Gasteiger partial charge in [0.2, 0.25) is 0 Å². The van der Waals surface area contributed by atoms with Gasteiger partial charge in [-0.1, -0.05) is 23.9 Å². The van der Waals surface area contributed by atoms with Gasteiger partial charge in [0.25, 0.3) is 5.69 Å². The van der Waals surface area contributed by atoms with E-state index in [1.165, 1.54) is 31.0 Å². The average molecular weight is 365 g/mol. The first-order valence-corrected chi connectivity index (χ1v) is 8.70. The van der Waals surface area contributed by atoms with E-state index in [1.807, 2.05) is 6.26 Å². The van der Waals surface area contributed by atoms with E-state index < -0.39 is 16.9 Å². The number of nitro groups is 1. The minimum Gasteiger partial charge on any atom is -0.460 e. The second-order valence-electron chi connectivity index (χ2n) is 5.19. The van der Waals surface area contributed by atoms with Gasteiger partial charge < -0.3 is 14.8 Å². The van der Waals surface area contributed by atoms with E-state index >= 15 is 0 Å². The number of ether oxygens (including phenoxy) is 2. The van der Waals surface area contributed by atoms with E-state index in [-0.39, 0.29) is 18.9 Å². The SMILES string of the molecule is COCCOC(=O)C1=C(C)NC(SC)=NC1c1cccc([N+](=O)[O-])c1. The van der Waals surface area contributed by atoms with Gasteiger partial charge in [-0.2, -0.15) is 0 Å². The number of carbonyl (C=O) groups is 1. The molecule has 1 unspecified atom stereocenters. The number of non-ortho nitro benzene ring substituents is 1. The van der Waals surface area contributed by atoms with Gasteiger partial charge in [-0.3, -0.25) is 10.1 Å². The summed E-state index contributed by atoms with van der Waals surface area (Å²) < 4.78 is 10.1. The van der Waals surface area contributed by atoms with E-state index in [0.717, 1.165) is 0 Å². The lowest BCUT2D eigenvalue weighted by molar-refractivity contribution is -0.384. The first-order valence-electron chi connectivity index (χ1n) is 7.48. The number of nitro benzene ring substituents is 1. The monoisotopic (exact) mass is 365 g/mol. The van der Waals surface area contributed by atoms with Gasteiger partial charge in [-0.05, 0) is 18.7 Å². The van der Waals surface area contributed by atoms with Crippen LogP contribution in [0.2, 0.25) is 0 Å². The highest BCUT2D eigenvalue weighted by atomic mass is 32.2. The molecule has 1 aliphatic heterocycles. The summed E-state index contributed by atoms with van der Waals surface area (Å²) in [6.07, 6.45) is 1.85. The van der Waals surface area contributed by atoms with Crippen molar-refractivity contribution in [2.24, 2.45) is 4.99 Å². The molecule has 2 rings (SSSR count). The highest BCUT2D eigenvalue weighted by Crippen LogP contribution is 2.34. The van der Waals surface area contributed by atoms with Crippen molar-refractivity contribution in [2.75, 3.05) is 26.6 Å². The number of methoxy groups -OCH3 is 1. The zero-order valence-corrected chi connectivity index (χ0v) is 15.0. The molecule has 1 aromatic rings. The highest BCUT2D eigenvalue weighted by Gasteiger charge is 2.31. The van der Waals surface area contributed by atoms with E-state index in [4.69, 9.17) is 9.47 Å². The number of hydrogen-bond acceptors (Lipinski definition) is 8. The van der Waals surface area contributed by atoms with Crippen LogP contribution in [0.3, 0.4) is 0 Å². The molecule has 1 aromatic carbocycles. The van der Waals surface area contributed by atoms with Crippen molar-refractivity contribution in [3.8, 4) is 0 Å². The Morgan fingerprint density at radius 2 is 2.20 bits per heavy atom. The molecule has 0 saturated heterocycles. The highest BCUT2D eigenvalue weighted by molar-refractivity contribution is 8.13. The summed E-state index contributed by atoms with van der Waals surface area (Å²) in [5.41, 5.74) is 1.44. The van der Waals surface area contributed by atoms with Crippen LogP contribution in [0, 0.1) is 10.1 Å². The Morgan fingerprint density at radius 1 is 1.44 bits per heavy atom. The number of benzene rings is 1. The molecule has 1 heterocycles. The number of nitrogens with one attached hydrogen (secondary N) is 1. The summed E-state index contributed by atoms with van der Waals surface area (Å²) in [6, 6.07) is 5.44. The molecule has 9 heteroatoms. The van der Waals surface area contributed by atoms with Gasteiger partial charge in [-0.15, -0.1) is 0 Å². The Morgan fingerprint density at radius 3 is 2.84 bits per heavy atom. The summed E-state index contributed by atoms with van der Waals surface area (Å²) >= 11 is 1.39. The number of aliphatic imine (C=N–C) groups is 1. The second-order valence-corrected chi connectivity index (χ2v) is 5.98. The van der Waals surface area contributed by atoms with Gasteiger partial charge >= 0.3 is 5.97 Å². The largest absolute Gasteiger partial charge is 0.460 e. The summed E-state index contributed by atoms with van der Waals surface area (Å²) in [5, 5.41) is 14.7. The van der Waals surface area contributed by atoms with Crippen LogP contribution in [-0.2, 0) is 14.3 Å². The molecule has 0 fully saturated rings. The molecular formula is C16H19N3O5S. The van der Waals surface area contributed by atoms with Crippen molar-refractivity contribution in [1.82, 2.24) is 5.32 Å². The fourth-order valence-corrected chi connectivity index (χ4v) is 2.83. The Balaban J connectivity index is 2.40. The van der Waals surface area contributed by atoms with Crippen molar-refractivity contribution in [3.05, 3.63) is 51.2 Å². The first-order chi connectivity index (χ1) is 12.0. The Bertz CT molecular complexity index is 732. The topological polar surface area (TPSA) is 103 Å². The zero-order valence-electron chi connectivity index (χ0n) is 14.1. The fraction of sp³-hybridized carbons (Fsp3) is 0.375. The molecule has 1 aliphatic rings. The van der Waals surface area contributed by atoms with Crippen molar-refractivity contribution < 1.29 is 19.2 Å². The average Bonchev–Trinajstić information content (AvgIpc) is 2.61. The number of hydrogen-bond donors (Lipinski definition) is 1. The molecule has 134 valence electrons. The van der Waals surface area contributed by atoms with Crippen molar-refractivity contribution >= 4 is 28.6 Å². The Kier molecular flexibility index (Phi) is 6.54. The van der Waals surface area contributed by atoms with Gasteiger partial charge in [0.1, 0.15) is 12.6 Å². The molecule has 0 aromatic heterocycles. The smallest absolute Gasteiger partial charge is 0.338 e. The number of esters is 1. The Hall–Kier alpha value is -2.39. The molecule has 0 aliphatic carbocycles. The summed E-state index contributed by atoms with van der Waals surface area (Å²) in [5.74, 6) is -0.526. The summed E-state index contributed by atoms with van der Waals surface area (Å²) in [6.45, 7) is 2.15. The number of thioether (sulfide) groups is 1. The van der Waals surface area contributed by atoms with Crippen LogP contribution in [-0.4, -0.2) is 42.6 Å². The molecule has 1 N–H and O–H groups in total. The van der Waals surface area contributed by atoms with Crippen molar-refractivity contribution in [1.29, 1.82) is 0 Å². The lowest BCUT2D eigenvalue weighted by atomic mass is 9.96. The normalized spacial score (nSPS) is 16.9. The van der Waals surface area contributed by atoms with E-state index in [1.54, 1.807) is 19.1 Å². The maximum absolute atomic E-state index is 12.5. The number of nitrogens with zero attached hydrogens (tertiary/aromatic N) is 2. The molecule has 0 amide bonds. The predicted octanol–water partition coefficient (Wildman–Crippen LogP) is 2.42. The third-order valence-corrected chi connectivity index (χ3v) is 4.14. The van der Waals surface area contributed by atoms with E-state index in [9.17, 15) is 14.9 Å². The molecule has 0 spiro atoms. The third kappa shape index (κ3) is 4.58. The maximum atomic E-state index is 12.5. The van der Waals surface area contributed by atoms with Gasteiger partial charge in [0, 0.05) is 24.9 Å². The van der Waals surface area contributed by atoms with Crippen molar-refractivity contribution in [2.45, 2.75) is 13.0 Å². The van der Waals surface area contributed by atoms with Crippen molar-refractivity contribution in [3.63, 3.8) is 0 Å². The van der Waals surface area contributed by atoms with Crippen LogP contribution >= 0.6 is 11.8 Å². The molecular weight excluding hydrogens is 346 g/mol. The van der Waals surface area contributed by atoms with Gasteiger partial charge in [0.05, 0.1) is 17.1 Å². The first kappa shape index (κ1) is 18.9. The molecule has 8 nitrogen and oxygen atoms in total. The Labute approximate surface area is 149 Å². The molecule has 0 bridgehead atoms. The van der Waals surface area contributed by atoms with Crippen LogP contribution in [0.4, 0.5) is 5.69 Å². The molecule has 0 saturated carbocycles. The van der Waals surface area contributed by atoms with Crippen LogP contribution in [0.1, 0.15) is 18.5 Å². The quantitative estimate of drug-likeness (QED) is 0.357. The fourth-order valence-electron chi connectivity index (χ4n) is 2.36. The maximum Gasteiger partial charge on any atom is 0.338 e. The number of allylic oxidation sites excluding steroid dienone is 1. The summed E-state index contributed by atoms with van der Waals surface area (Å²) in [7, 11) is 1.52. The predicted molar refractivity (Wildman–Crippen MR) is 95.5 cm³/mol. The molecule has 25 heavy (non-hydrogen) atoms. The lowest BCUT2D eigenvalue weighted by Crippen LogP contribution is -2.30. The number of amidine groups is 1. The van der Waals surface area contributed by atoms with Gasteiger partial charge in [-0.25, -0.2) is 9.79 Å². The second kappa shape index (κ2) is 8.63. The number of rotatable bonds is 6.